The molecular weight excluding hydrogens is 409 g/mol. The molecule has 0 saturated heterocycles. The van der Waals surface area contributed by atoms with Crippen molar-refractivity contribution in [2.75, 3.05) is 11.9 Å². The molecular formula is C19H21F3N2O4S. The van der Waals surface area contributed by atoms with E-state index >= 15 is 0 Å². The van der Waals surface area contributed by atoms with Gasteiger partial charge in [-0.3, -0.25) is 4.79 Å². The van der Waals surface area contributed by atoms with Gasteiger partial charge in [-0.1, -0.05) is 17.7 Å². The molecule has 2 N–H and O–H groups in total. The van der Waals surface area contributed by atoms with Gasteiger partial charge in [0.15, 0.2) is 0 Å². The van der Waals surface area contributed by atoms with Gasteiger partial charge in [0, 0.05) is 18.7 Å². The lowest BCUT2D eigenvalue weighted by molar-refractivity contribution is -0.274. The minimum Gasteiger partial charge on any atom is -0.406 e. The van der Waals surface area contributed by atoms with Gasteiger partial charge < -0.3 is 10.1 Å². The van der Waals surface area contributed by atoms with E-state index in [4.69, 9.17) is 0 Å². The summed E-state index contributed by atoms with van der Waals surface area (Å²) in [5.74, 6) is -0.901. The van der Waals surface area contributed by atoms with Crippen LogP contribution in [-0.2, 0) is 14.8 Å². The Kier molecular flexibility index (Phi) is 6.91. The number of alkyl halides is 3. The molecule has 10 heteroatoms. The number of anilines is 1. The van der Waals surface area contributed by atoms with Crippen molar-refractivity contribution in [1.29, 1.82) is 0 Å². The summed E-state index contributed by atoms with van der Waals surface area (Å²) in [5, 5.41) is 2.48. The molecule has 2 rings (SSSR count). The van der Waals surface area contributed by atoms with Crippen LogP contribution in [0.2, 0.25) is 0 Å². The molecule has 2 aromatic carbocycles. The second-order valence-corrected chi connectivity index (χ2v) is 8.20. The summed E-state index contributed by atoms with van der Waals surface area (Å²) >= 11 is 0. The zero-order valence-corrected chi connectivity index (χ0v) is 16.9. The van der Waals surface area contributed by atoms with Crippen LogP contribution in [0.3, 0.4) is 0 Å². The lowest BCUT2D eigenvalue weighted by atomic mass is 10.1. The van der Waals surface area contributed by atoms with Crippen molar-refractivity contribution in [2.45, 2.75) is 38.4 Å². The number of hydrogen-bond acceptors (Lipinski definition) is 4. The van der Waals surface area contributed by atoms with E-state index in [1.54, 1.807) is 26.0 Å². The van der Waals surface area contributed by atoms with Gasteiger partial charge in [-0.15, -0.1) is 13.2 Å². The van der Waals surface area contributed by atoms with E-state index in [0.717, 1.165) is 17.7 Å². The third-order valence-electron chi connectivity index (χ3n) is 3.89. The molecule has 0 unspecified atom stereocenters. The molecule has 0 radical (unpaired) electrons. The molecule has 0 aliphatic rings. The fourth-order valence-corrected chi connectivity index (χ4v) is 4.41. The summed E-state index contributed by atoms with van der Waals surface area (Å²) in [6, 6.07) is 8.16. The summed E-state index contributed by atoms with van der Waals surface area (Å²) in [6.07, 6.45) is -4.94. The Hall–Kier alpha value is -2.59. The largest absolute Gasteiger partial charge is 0.573 e. The minimum atomic E-state index is -4.80. The van der Waals surface area contributed by atoms with Crippen LogP contribution in [0.5, 0.6) is 5.75 Å². The molecule has 0 aliphatic carbocycles. The summed E-state index contributed by atoms with van der Waals surface area (Å²) < 4.78 is 67.6. The number of hydrogen-bond donors (Lipinski definition) is 2. The highest BCUT2D eigenvalue weighted by Crippen LogP contribution is 2.24. The third kappa shape index (κ3) is 6.75. The summed E-state index contributed by atoms with van der Waals surface area (Å²) in [7, 11) is -3.78. The maximum Gasteiger partial charge on any atom is 0.573 e. The SMILES string of the molecule is Cc1cc(C)c(S(=O)(=O)NCCC(=O)Nc2ccc(OC(F)(F)F)cc2)c(C)c1. The van der Waals surface area contributed by atoms with Crippen molar-refractivity contribution in [1.82, 2.24) is 4.72 Å². The van der Waals surface area contributed by atoms with E-state index in [0.29, 0.717) is 11.1 Å². The number of benzene rings is 2. The predicted octanol–water partition coefficient (Wildman–Crippen LogP) is 3.82. The fourth-order valence-electron chi connectivity index (χ4n) is 2.93. The van der Waals surface area contributed by atoms with Gasteiger partial charge in [-0.05, 0) is 56.2 Å². The highest BCUT2D eigenvalue weighted by Gasteiger charge is 2.31. The molecule has 0 bridgehead atoms. The number of amides is 1. The number of aryl methyl sites for hydroxylation is 3. The molecule has 1 amide bonds. The van der Waals surface area contributed by atoms with Gasteiger partial charge in [0.05, 0.1) is 4.90 Å². The van der Waals surface area contributed by atoms with E-state index in [2.05, 4.69) is 14.8 Å². The Labute approximate surface area is 167 Å². The molecule has 0 aromatic heterocycles. The predicted molar refractivity (Wildman–Crippen MR) is 102 cm³/mol. The molecule has 2 aromatic rings. The fraction of sp³-hybridized carbons (Fsp3) is 0.316. The second-order valence-electron chi connectivity index (χ2n) is 6.50. The van der Waals surface area contributed by atoms with Crippen LogP contribution < -0.4 is 14.8 Å². The van der Waals surface area contributed by atoms with Gasteiger partial charge in [-0.2, -0.15) is 0 Å². The first-order chi connectivity index (χ1) is 13.4. The van der Waals surface area contributed by atoms with Crippen LogP contribution in [0.15, 0.2) is 41.3 Å². The number of sulfonamides is 1. The molecule has 0 aliphatic heterocycles. The molecule has 29 heavy (non-hydrogen) atoms. The highest BCUT2D eigenvalue weighted by molar-refractivity contribution is 7.89. The lowest BCUT2D eigenvalue weighted by Gasteiger charge is -2.13. The number of ether oxygens (including phenoxy) is 1. The van der Waals surface area contributed by atoms with Crippen molar-refractivity contribution in [3.63, 3.8) is 0 Å². The molecule has 0 atom stereocenters. The Morgan fingerprint density at radius 2 is 1.59 bits per heavy atom. The maximum atomic E-state index is 12.5. The number of carbonyl (C=O) groups is 1. The van der Waals surface area contributed by atoms with Crippen LogP contribution >= 0.6 is 0 Å². The summed E-state index contributed by atoms with van der Waals surface area (Å²) in [6.45, 7) is 5.15. The monoisotopic (exact) mass is 430 g/mol. The summed E-state index contributed by atoms with van der Waals surface area (Å²) in [4.78, 5) is 12.2. The molecule has 0 spiro atoms. The van der Waals surface area contributed by atoms with Crippen LogP contribution in [0.1, 0.15) is 23.1 Å². The zero-order valence-electron chi connectivity index (χ0n) is 16.1. The van der Waals surface area contributed by atoms with Crippen LogP contribution in [-0.4, -0.2) is 27.2 Å². The van der Waals surface area contributed by atoms with E-state index < -0.39 is 28.0 Å². The van der Waals surface area contributed by atoms with Crippen molar-refractivity contribution in [2.24, 2.45) is 0 Å². The van der Waals surface area contributed by atoms with E-state index in [1.807, 2.05) is 6.92 Å². The number of carbonyl (C=O) groups excluding carboxylic acids is 1. The molecule has 0 saturated carbocycles. The highest BCUT2D eigenvalue weighted by atomic mass is 32.2. The number of nitrogens with one attached hydrogen (secondary N) is 2. The van der Waals surface area contributed by atoms with Gasteiger partial charge in [-0.25, -0.2) is 13.1 Å². The molecule has 158 valence electrons. The van der Waals surface area contributed by atoms with Crippen molar-refractivity contribution in [3.8, 4) is 5.75 Å². The van der Waals surface area contributed by atoms with E-state index in [1.165, 1.54) is 12.1 Å². The quantitative estimate of drug-likeness (QED) is 0.700. The van der Waals surface area contributed by atoms with Crippen molar-refractivity contribution in [3.05, 3.63) is 53.1 Å². The van der Waals surface area contributed by atoms with Crippen LogP contribution in [0, 0.1) is 20.8 Å². The number of halogens is 3. The summed E-state index contributed by atoms with van der Waals surface area (Å²) in [5.41, 5.74) is 2.43. The van der Waals surface area contributed by atoms with Gasteiger partial charge in [0.1, 0.15) is 5.75 Å². The molecule has 6 nitrogen and oxygen atoms in total. The average Bonchev–Trinajstić information content (AvgIpc) is 2.53. The zero-order chi connectivity index (χ0) is 21.8. The normalized spacial score (nSPS) is 11.9. The van der Waals surface area contributed by atoms with E-state index in [9.17, 15) is 26.4 Å². The Balaban J connectivity index is 1.91. The topological polar surface area (TPSA) is 84.5 Å². The lowest BCUT2D eigenvalue weighted by Crippen LogP contribution is -2.29. The van der Waals surface area contributed by atoms with E-state index in [-0.39, 0.29) is 23.5 Å². The van der Waals surface area contributed by atoms with Gasteiger partial charge >= 0.3 is 6.36 Å². The first-order valence-electron chi connectivity index (χ1n) is 8.60. The average molecular weight is 430 g/mol. The minimum absolute atomic E-state index is 0.129. The Bertz CT molecular complexity index is 964. The second kappa shape index (κ2) is 8.83. The van der Waals surface area contributed by atoms with Crippen molar-refractivity contribution >= 4 is 21.6 Å². The Morgan fingerprint density at radius 1 is 1.03 bits per heavy atom. The first-order valence-corrected chi connectivity index (χ1v) is 10.1. The smallest absolute Gasteiger partial charge is 0.406 e. The van der Waals surface area contributed by atoms with Crippen LogP contribution in [0.4, 0.5) is 18.9 Å². The van der Waals surface area contributed by atoms with Crippen LogP contribution in [0.25, 0.3) is 0 Å². The van der Waals surface area contributed by atoms with Crippen molar-refractivity contribution < 1.29 is 31.1 Å². The van der Waals surface area contributed by atoms with Gasteiger partial charge in [0.2, 0.25) is 15.9 Å². The molecule has 0 heterocycles. The first kappa shape index (κ1) is 22.7. The van der Waals surface area contributed by atoms with Gasteiger partial charge in [0.25, 0.3) is 0 Å². The standard InChI is InChI=1S/C19H21F3N2O4S/c1-12-10-13(2)18(14(3)11-12)29(26,27)23-9-8-17(25)24-15-4-6-16(7-5-15)28-19(20,21)22/h4-7,10-11,23H,8-9H2,1-3H3,(H,24,25). The number of rotatable bonds is 7. The third-order valence-corrected chi connectivity index (χ3v) is 5.65. The Morgan fingerprint density at radius 3 is 2.10 bits per heavy atom. The molecule has 0 fully saturated rings. The maximum absolute atomic E-state index is 12.5.